The fourth-order valence-corrected chi connectivity index (χ4v) is 2.07. The Kier molecular flexibility index (Phi) is 3.69. The summed E-state index contributed by atoms with van der Waals surface area (Å²) in [7, 11) is 3.99. The fourth-order valence-electron chi connectivity index (χ4n) is 1.69. The van der Waals surface area contributed by atoms with Gasteiger partial charge in [0, 0.05) is 35.6 Å². The van der Waals surface area contributed by atoms with Crippen molar-refractivity contribution in [2.75, 3.05) is 24.3 Å². The van der Waals surface area contributed by atoms with Crippen molar-refractivity contribution in [3.63, 3.8) is 0 Å². The van der Waals surface area contributed by atoms with Gasteiger partial charge in [0.2, 0.25) is 0 Å². The van der Waals surface area contributed by atoms with Crippen molar-refractivity contribution in [3.8, 4) is 0 Å². The van der Waals surface area contributed by atoms with E-state index in [0.717, 1.165) is 15.8 Å². The zero-order chi connectivity index (χ0) is 12.3. The molecule has 17 heavy (non-hydrogen) atoms. The van der Waals surface area contributed by atoms with Crippen LogP contribution < -0.4 is 10.2 Å². The summed E-state index contributed by atoms with van der Waals surface area (Å²) in [5.41, 5.74) is 3.45. The predicted molar refractivity (Wildman–Crippen MR) is 78.2 cm³/mol. The van der Waals surface area contributed by atoms with Gasteiger partial charge in [-0.15, -0.1) is 0 Å². The van der Waals surface area contributed by atoms with Crippen LogP contribution in [-0.2, 0) is 0 Å². The molecule has 1 N–H and O–H groups in total. The van der Waals surface area contributed by atoms with Crippen molar-refractivity contribution >= 4 is 33.0 Å². The molecule has 0 aliphatic heterocycles. The van der Waals surface area contributed by atoms with Crippen LogP contribution in [0.25, 0.3) is 0 Å². The molecule has 0 spiro atoms. The van der Waals surface area contributed by atoms with Crippen LogP contribution in [0.15, 0.2) is 53.0 Å². The standard InChI is InChI=1S/C14H15BrN2/c1-16-12-6-8-13(9-7-12)17(2)14-5-3-4-11(15)10-14/h3-10,16H,1-2H3. The third kappa shape index (κ3) is 2.80. The Morgan fingerprint density at radius 2 is 1.71 bits per heavy atom. The molecule has 3 heteroatoms. The maximum absolute atomic E-state index is 3.49. The van der Waals surface area contributed by atoms with Gasteiger partial charge in [0.1, 0.15) is 0 Å². The number of anilines is 3. The molecule has 0 bridgehead atoms. The van der Waals surface area contributed by atoms with Crippen molar-refractivity contribution in [2.24, 2.45) is 0 Å². The third-order valence-electron chi connectivity index (χ3n) is 2.74. The van der Waals surface area contributed by atoms with Gasteiger partial charge in [-0.05, 0) is 42.5 Å². The first-order valence-electron chi connectivity index (χ1n) is 5.48. The van der Waals surface area contributed by atoms with Crippen molar-refractivity contribution in [2.45, 2.75) is 0 Å². The lowest BCUT2D eigenvalue weighted by atomic mass is 10.2. The van der Waals surface area contributed by atoms with E-state index >= 15 is 0 Å². The summed E-state index contributed by atoms with van der Waals surface area (Å²) in [5, 5.41) is 3.12. The summed E-state index contributed by atoms with van der Waals surface area (Å²) in [6.07, 6.45) is 0. The Morgan fingerprint density at radius 3 is 2.29 bits per heavy atom. The van der Waals surface area contributed by atoms with E-state index in [1.807, 2.05) is 19.2 Å². The van der Waals surface area contributed by atoms with Crippen LogP contribution >= 0.6 is 15.9 Å². The summed E-state index contributed by atoms with van der Waals surface area (Å²) in [6.45, 7) is 0. The molecule has 0 saturated carbocycles. The number of rotatable bonds is 3. The molecule has 0 radical (unpaired) electrons. The van der Waals surface area contributed by atoms with Crippen LogP contribution in [0, 0.1) is 0 Å². The molecule has 2 nitrogen and oxygen atoms in total. The molecular weight excluding hydrogens is 276 g/mol. The molecule has 2 rings (SSSR count). The molecule has 0 aliphatic rings. The summed E-state index contributed by atoms with van der Waals surface area (Å²) >= 11 is 3.49. The summed E-state index contributed by atoms with van der Waals surface area (Å²) in [4.78, 5) is 2.16. The summed E-state index contributed by atoms with van der Waals surface area (Å²) in [6, 6.07) is 16.6. The van der Waals surface area contributed by atoms with Gasteiger partial charge in [-0.1, -0.05) is 22.0 Å². The van der Waals surface area contributed by atoms with Gasteiger partial charge in [-0.2, -0.15) is 0 Å². The van der Waals surface area contributed by atoms with Gasteiger partial charge in [0.25, 0.3) is 0 Å². The molecule has 0 aliphatic carbocycles. The molecule has 88 valence electrons. The quantitative estimate of drug-likeness (QED) is 0.909. The minimum atomic E-state index is 1.09. The lowest BCUT2D eigenvalue weighted by Crippen LogP contribution is -2.09. The highest BCUT2D eigenvalue weighted by Crippen LogP contribution is 2.26. The van der Waals surface area contributed by atoms with Crippen LogP contribution in [-0.4, -0.2) is 14.1 Å². The number of nitrogens with zero attached hydrogens (tertiary/aromatic N) is 1. The van der Waals surface area contributed by atoms with E-state index < -0.39 is 0 Å². The van der Waals surface area contributed by atoms with E-state index in [9.17, 15) is 0 Å². The average Bonchev–Trinajstić information content (AvgIpc) is 2.38. The fraction of sp³-hybridized carbons (Fsp3) is 0.143. The first-order chi connectivity index (χ1) is 8.20. The largest absolute Gasteiger partial charge is 0.388 e. The summed E-state index contributed by atoms with van der Waals surface area (Å²) < 4.78 is 1.09. The van der Waals surface area contributed by atoms with Gasteiger partial charge in [0.15, 0.2) is 0 Å². The van der Waals surface area contributed by atoms with E-state index in [2.05, 4.69) is 69.6 Å². The van der Waals surface area contributed by atoms with E-state index in [1.165, 1.54) is 5.69 Å². The van der Waals surface area contributed by atoms with Crippen LogP contribution in [0.4, 0.5) is 17.1 Å². The molecule has 2 aromatic rings. The second-order valence-electron chi connectivity index (χ2n) is 3.84. The molecule has 0 atom stereocenters. The Morgan fingerprint density at radius 1 is 1.00 bits per heavy atom. The number of nitrogens with one attached hydrogen (secondary N) is 1. The lowest BCUT2D eigenvalue weighted by molar-refractivity contribution is 1.21. The lowest BCUT2D eigenvalue weighted by Gasteiger charge is -2.20. The Bertz CT molecular complexity index is 494. The van der Waals surface area contributed by atoms with Crippen molar-refractivity contribution < 1.29 is 0 Å². The molecule has 0 saturated heterocycles. The first kappa shape index (κ1) is 12.0. The van der Waals surface area contributed by atoms with E-state index in [-0.39, 0.29) is 0 Å². The monoisotopic (exact) mass is 290 g/mol. The molecule has 0 amide bonds. The number of halogens is 1. The second-order valence-corrected chi connectivity index (χ2v) is 4.75. The Labute approximate surface area is 110 Å². The van der Waals surface area contributed by atoms with Gasteiger partial charge >= 0.3 is 0 Å². The topological polar surface area (TPSA) is 15.3 Å². The molecule has 0 fully saturated rings. The highest BCUT2D eigenvalue weighted by atomic mass is 79.9. The predicted octanol–water partition coefficient (Wildman–Crippen LogP) is 4.26. The van der Waals surface area contributed by atoms with Gasteiger partial charge in [0.05, 0.1) is 0 Å². The highest BCUT2D eigenvalue weighted by molar-refractivity contribution is 9.10. The highest BCUT2D eigenvalue weighted by Gasteiger charge is 2.03. The molecule has 2 aromatic carbocycles. The SMILES string of the molecule is CNc1ccc(N(C)c2cccc(Br)c2)cc1. The van der Waals surface area contributed by atoms with E-state index in [1.54, 1.807) is 0 Å². The maximum atomic E-state index is 3.49. The van der Waals surface area contributed by atoms with Crippen LogP contribution in [0.1, 0.15) is 0 Å². The minimum absolute atomic E-state index is 1.09. The van der Waals surface area contributed by atoms with Gasteiger partial charge < -0.3 is 10.2 Å². The molecule has 0 unspecified atom stereocenters. The number of hydrogen-bond acceptors (Lipinski definition) is 2. The zero-order valence-electron chi connectivity index (χ0n) is 9.94. The van der Waals surface area contributed by atoms with Crippen LogP contribution in [0.3, 0.4) is 0 Å². The normalized spacial score (nSPS) is 10.1. The van der Waals surface area contributed by atoms with Crippen molar-refractivity contribution in [1.29, 1.82) is 0 Å². The summed E-state index contributed by atoms with van der Waals surface area (Å²) in [5.74, 6) is 0. The average molecular weight is 291 g/mol. The zero-order valence-corrected chi connectivity index (χ0v) is 11.5. The van der Waals surface area contributed by atoms with Gasteiger partial charge in [-0.3, -0.25) is 0 Å². The Hall–Kier alpha value is -1.48. The van der Waals surface area contributed by atoms with E-state index in [4.69, 9.17) is 0 Å². The van der Waals surface area contributed by atoms with Gasteiger partial charge in [-0.25, -0.2) is 0 Å². The van der Waals surface area contributed by atoms with Crippen molar-refractivity contribution in [1.82, 2.24) is 0 Å². The minimum Gasteiger partial charge on any atom is -0.388 e. The van der Waals surface area contributed by atoms with Crippen molar-refractivity contribution in [3.05, 3.63) is 53.0 Å². The molecular formula is C14H15BrN2. The van der Waals surface area contributed by atoms with E-state index in [0.29, 0.717) is 0 Å². The maximum Gasteiger partial charge on any atom is 0.0419 e. The molecule has 0 heterocycles. The second kappa shape index (κ2) is 5.23. The first-order valence-corrected chi connectivity index (χ1v) is 6.27. The van der Waals surface area contributed by atoms with Crippen LogP contribution in [0.2, 0.25) is 0 Å². The number of hydrogen-bond donors (Lipinski definition) is 1. The molecule has 0 aromatic heterocycles. The smallest absolute Gasteiger partial charge is 0.0419 e. The number of benzene rings is 2. The van der Waals surface area contributed by atoms with Crippen LogP contribution in [0.5, 0.6) is 0 Å². The third-order valence-corrected chi connectivity index (χ3v) is 3.23. The Balaban J connectivity index is 2.27.